The van der Waals surface area contributed by atoms with E-state index in [1.54, 1.807) is 0 Å². The summed E-state index contributed by atoms with van der Waals surface area (Å²) < 4.78 is 0. The van der Waals surface area contributed by atoms with Crippen molar-refractivity contribution in [3.8, 4) is 33.5 Å². The molecule has 0 amide bonds. The molecule has 150 valence electrons. The van der Waals surface area contributed by atoms with Crippen molar-refractivity contribution in [2.45, 2.75) is 0 Å². The number of benzene rings is 5. The average Bonchev–Trinajstić information content (AvgIpc) is 2.88. The summed E-state index contributed by atoms with van der Waals surface area (Å²) in [6, 6.07) is 44.8. The third-order valence-electron chi connectivity index (χ3n) is 6.06. The topological polar surface area (TPSA) is 12.9 Å². The Morgan fingerprint density at radius 2 is 0.969 bits per heavy atom. The first-order valence-corrected chi connectivity index (χ1v) is 10.9. The summed E-state index contributed by atoms with van der Waals surface area (Å²) in [5, 5.41) is 3.61. The van der Waals surface area contributed by atoms with Crippen molar-refractivity contribution in [2.75, 3.05) is 0 Å². The number of nitrogens with zero attached hydrogens (tertiary/aromatic N) is 1. The molecule has 0 fully saturated rings. The van der Waals surface area contributed by atoms with E-state index in [9.17, 15) is 0 Å². The lowest BCUT2D eigenvalue weighted by molar-refractivity contribution is 1.40. The third kappa shape index (κ3) is 3.07. The van der Waals surface area contributed by atoms with Crippen LogP contribution in [0, 0.1) is 0 Å². The predicted octanol–water partition coefficient (Wildman–Crippen LogP) is 8.39. The molecule has 0 aliphatic rings. The van der Waals surface area contributed by atoms with Gasteiger partial charge in [0.25, 0.3) is 0 Å². The molecule has 0 unspecified atom stereocenters. The molecule has 0 saturated carbocycles. The standard InChI is InChI=1S/C31H21N/c1-3-13-23(14-4-1)29-27-19-9-10-21-28(27)32-31(30(29)24-15-5-2-6-16-24)26-20-11-17-22-12-7-8-18-25(22)26/h1-21H. The van der Waals surface area contributed by atoms with Crippen LogP contribution in [0.2, 0.25) is 0 Å². The number of aromatic nitrogens is 1. The molecule has 1 heterocycles. The van der Waals surface area contributed by atoms with Gasteiger partial charge in [-0.3, -0.25) is 0 Å². The van der Waals surface area contributed by atoms with Crippen molar-refractivity contribution < 1.29 is 0 Å². The van der Waals surface area contributed by atoms with Crippen molar-refractivity contribution >= 4 is 21.7 Å². The highest BCUT2D eigenvalue weighted by Gasteiger charge is 2.20. The van der Waals surface area contributed by atoms with Crippen LogP contribution in [0.3, 0.4) is 0 Å². The van der Waals surface area contributed by atoms with Gasteiger partial charge in [0.15, 0.2) is 0 Å². The monoisotopic (exact) mass is 407 g/mol. The smallest absolute Gasteiger partial charge is 0.0800 e. The fourth-order valence-electron chi connectivity index (χ4n) is 4.63. The van der Waals surface area contributed by atoms with Crippen molar-refractivity contribution in [2.24, 2.45) is 0 Å². The van der Waals surface area contributed by atoms with Gasteiger partial charge >= 0.3 is 0 Å². The maximum atomic E-state index is 5.26. The first-order valence-electron chi connectivity index (χ1n) is 10.9. The molecule has 0 radical (unpaired) electrons. The number of fused-ring (bicyclic) bond motifs is 2. The second kappa shape index (κ2) is 7.79. The van der Waals surface area contributed by atoms with Crippen LogP contribution < -0.4 is 0 Å². The first kappa shape index (κ1) is 18.5. The zero-order valence-corrected chi connectivity index (χ0v) is 17.6. The van der Waals surface area contributed by atoms with Gasteiger partial charge in [-0.1, -0.05) is 121 Å². The zero-order valence-electron chi connectivity index (χ0n) is 17.6. The zero-order chi connectivity index (χ0) is 21.3. The Balaban J connectivity index is 1.82. The lowest BCUT2D eigenvalue weighted by atomic mass is 9.87. The highest BCUT2D eigenvalue weighted by Crippen LogP contribution is 2.44. The van der Waals surface area contributed by atoms with Crippen molar-refractivity contribution in [3.05, 3.63) is 127 Å². The van der Waals surface area contributed by atoms with Gasteiger partial charge < -0.3 is 0 Å². The Morgan fingerprint density at radius 3 is 1.72 bits per heavy atom. The number of hydrogen-bond acceptors (Lipinski definition) is 1. The Kier molecular flexibility index (Phi) is 4.51. The number of rotatable bonds is 3. The van der Waals surface area contributed by atoms with Crippen LogP contribution in [0.5, 0.6) is 0 Å². The van der Waals surface area contributed by atoms with Gasteiger partial charge in [0, 0.05) is 22.1 Å². The van der Waals surface area contributed by atoms with Crippen molar-refractivity contribution in [1.29, 1.82) is 0 Å². The normalized spacial score (nSPS) is 11.1. The van der Waals surface area contributed by atoms with E-state index in [0.717, 1.165) is 16.8 Å². The first-order chi connectivity index (χ1) is 15.9. The fraction of sp³-hybridized carbons (Fsp3) is 0. The Hall–Kier alpha value is -4.23. The van der Waals surface area contributed by atoms with Crippen LogP contribution in [0.15, 0.2) is 127 Å². The van der Waals surface area contributed by atoms with Crippen molar-refractivity contribution in [1.82, 2.24) is 4.98 Å². The molecule has 1 heteroatoms. The number of hydrogen-bond donors (Lipinski definition) is 0. The summed E-state index contributed by atoms with van der Waals surface area (Å²) in [6.07, 6.45) is 0. The molecule has 0 N–H and O–H groups in total. The van der Waals surface area contributed by atoms with E-state index < -0.39 is 0 Å². The number of para-hydroxylation sites is 1. The quantitative estimate of drug-likeness (QED) is 0.287. The summed E-state index contributed by atoms with van der Waals surface area (Å²) in [5.41, 5.74) is 7.96. The molecule has 0 aliphatic heterocycles. The average molecular weight is 408 g/mol. The second-order valence-corrected chi connectivity index (χ2v) is 7.99. The molecule has 0 bridgehead atoms. The molecule has 0 saturated heterocycles. The van der Waals surface area contributed by atoms with Crippen LogP contribution in [0.4, 0.5) is 0 Å². The Morgan fingerprint density at radius 1 is 0.406 bits per heavy atom. The summed E-state index contributed by atoms with van der Waals surface area (Å²) in [5.74, 6) is 0. The van der Waals surface area contributed by atoms with Crippen LogP contribution in [-0.4, -0.2) is 4.98 Å². The van der Waals surface area contributed by atoms with E-state index in [-0.39, 0.29) is 0 Å². The summed E-state index contributed by atoms with van der Waals surface area (Å²) in [6.45, 7) is 0. The van der Waals surface area contributed by atoms with E-state index in [2.05, 4.69) is 127 Å². The van der Waals surface area contributed by atoms with Crippen LogP contribution in [0.25, 0.3) is 55.2 Å². The minimum absolute atomic E-state index is 1.01. The van der Waals surface area contributed by atoms with Crippen LogP contribution >= 0.6 is 0 Å². The molecule has 0 aliphatic carbocycles. The molecular formula is C31H21N. The van der Waals surface area contributed by atoms with Gasteiger partial charge in [-0.05, 0) is 28.0 Å². The highest BCUT2D eigenvalue weighted by molar-refractivity contribution is 6.09. The summed E-state index contributed by atoms with van der Waals surface area (Å²) in [7, 11) is 0. The lowest BCUT2D eigenvalue weighted by Crippen LogP contribution is -1.97. The van der Waals surface area contributed by atoms with Gasteiger partial charge in [-0.2, -0.15) is 0 Å². The van der Waals surface area contributed by atoms with Gasteiger partial charge in [0.05, 0.1) is 11.2 Å². The minimum atomic E-state index is 1.01. The molecule has 6 aromatic rings. The second-order valence-electron chi connectivity index (χ2n) is 7.99. The largest absolute Gasteiger partial charge is 0.247 e. The fourth-order valence-corrected chi connectivity index (χ4v) is 4.63. The molecule has 0 spiro atoms. The maximum absolute atomic E-state index is 5.26. The summed E-state index contributed by atoms with van der Waals surface area (Å²) in [4.78, 5) is 5.26. The van der Waals surface area contributed by atoms with Crippen molar-refractivity contribution in [3.63, 3.8) is 0 Å². The molecule has 1 nitrogen and oxygen atoms in total. The van der Waals surface area contributed by atoms with E-state index in [4.69, 9.17) is 4.98 Å². The lowest BCUT2D eigenvalue weighted by Gasteiger charge is -2.19. The van der Waals surface area contributed by atoms with E-state index in [0.29, 0.717) is 0 Å². The van der Waals surface area contributed by atoms with Gasteiger partial charge in [0.1, 0.15) is 0 Å². The molecule has 5 aromatic carbocycles. The minimum Gasteiger partial charge on any atom is -0.247 e. The maximum Gasteiger partial charge on any atom is 0.0800 e. The van der Waals surface area contributed by atoms with Crippen LogP contribution in [0.1, 0.15) is 0 Å². The molecule has 1 aromatic heterocycles. The van der Waals surface area contributed by atoms with Gasteiger partial charge in [-0.25, -0.2) is 4.98 Å². The molecule has 6 rings (SSSR count). The number of pyridine rings is 1. The Bertz CT molecular complexity index is 1550. The molecule has 0 atom stereocenters. The van der Waals surface area contributed by atoms with Crippen LogP contribution in [-0.2, 0) is 0 Å². The SMILES string of the molecule is c1ccc(-c2c(-c3cccc4ccccc34)nc3ccccc3c2-c2ccccc2)cc1. The van der Waals surface area contributed by atoms with Gasteiger partial charge in [-0.15, -0.1) is 0 Å². The summed E-state index contributed by atoms with van der Waals surface area (Å²) >= 11 is 0. The van der Waals surface area contributed by atoms with E-state index in [1.807, 2.05) is 0 Å². The Labute approximate surface area is 187 Å². The van der Waals surface area contributed by atoms with Gasteiger partial charge in [0.2, 0.25) is 0 Å². The molecular weight excluding hydrogens is 386 g/mol. The third-order valence-corrected chi connectivity index (χ3v) is 6.06. The highest BCUT2D eigenvalue weighted by atomic mass is 14.7. The predicted molar refractivity (Wildman–Crippen MR) is 136 cm³/mol. The van der Waals surface area contributed by atoms with E-state index >= 15 is 0 Å². The molecule has 32 heavy (non-hydrogen) atoms. The van der Waals surface area contributed by atoms with E-state index in [1.165, 1.54) is 38.4 Å².